The van der Waals surface area contributed by atoms with Crippen LogP contribution in [0.4, 0.5) is 0 Å². The van der Waals surface area contributed by atoms with Crippen molar-refractivity contribution in [2.75, 3.05) is 19.6 Å². The topological polar surface area (TPSA) is 45.2 Å². The first-order valence-corrected chi connectivity index (χ1v) is 11.6. The average molecular weight is 398 g/mol. The van der Waals surface area contributed by atoms with Gasteiger partial charge in [0.2, 0.25) is 0 Å². The Labute approximate surface area is 172 Å². The number of nitrogens with zero attached hydrogens (tertiary/aromatic N) is 2. The van der Waals surface area contributed by atoms with Crippen molar-refractivity contribution in [3.05, 3.63) is 40.9 Å². The lowest BCUT2D eigenvalue weighted by molar-refractivity contribution is 0.0327. The Morgan fingerprint density at radius 1 is 1.07 bits per heavy atom. The molecule has 0 bridgehead atoms. The summed E-state index contributed by atoms with van der Waals surface area (Å²) in [6.07, 6.45) is 10.3. The summed E-state index contributed by atoms with van der Waals surface area (Å²) in [4.78, 5) is 21.1. The molecule has 1 saturated carbocycles. The Hall–Kier alpha value is -1.72. The maximum atomic E-state index is 13.0. The molecule has 0 atom stereocenters. The van der Waals surface area contributed by atoms with E-state index in [1.54, 1.807) is 0 Å². The summed E-state index contributed by atoms with van der Waals surface area (Å²) in [6.45, 7) is 5.09. The zero-order chi connectivity index (χ0) is 19.4. The Morgan fingerprint density at radius 3 is 2.46 bits per heavy atom. The van der Waals surface area contributed by atoms with E-state index in [2.05, 4.69) is 15.2 Å². The van der Waals surface area contributed by atoms with E-state index in [0.717, 1.165) is 27.7 Å². The number of thiazole rings is 1. The van der Waals surface area contributed by atoms with Gasteiger partial charge in [-0.3, -0.25) is 9.69 Å². The monoisotopic (exact) mass is 397 g/mol. The smallest absolute Gasteiger partial charge is 0.263 e. The van der Waals surface area contributed by atoms with Crippen molar-refractivity contribution in [2.45, 2.75) is 63.8 Å². The zero-order valence-corrected chi connectivity index (χ0v) is 17.7. The standard InChI is InChI=1S/C23H31N3OS/c1-18-20(28-22(25-18)19-11-5-2-6-12-19)21(27)24-17-23(13-7-3-8-14-23)26-15-9-4-10-16-26/h2,5-6,11-12H,3-4,7-10,13-17H2,1H3,(H,24,27). The number of piperidine rings is 1. The first-order valence-electron chi connectivity index (χ1n) is 10.7. The van der Waals surface area contributed by atoms with E-state index in [9.17, 15) is 4.79 Å². The van der Waals surface area contributed by atoms with Gasteiger partial charge < -0.3 is 5.32 Å². The molecule has 150 valence electrons. The van der Waals surface area contributed by atoms with Crippen LogP contribution in [0.15, 0.2) is 30.3 Å². The molecule has 0 spiro atoms. The number of hydrogen-bond donors (Lipinski definition) is 1. The lowest BCUT2D eigenvalue weighted by atomic mass is 9.79. The molecule has 4 rings (SSSR count). The summed E-state index contributed by atoms with van der Waals surface area (Å²) in [7, 11) is 0. The fourth-order valence-electron chi connectivity index (χ4n) is 4.82. The maximum absolute atomic E-state index is 13.0. The lowest BCUT2D eigenvalue weighted by Gasteiger charge is -2.48. The Kier molecular flexibility index (Phi) is 6.12. The molecule has 0 unspecified atom stereocenters. The van der Waals surface area contributed by atoms with Crippen LogP contribution in [-0.4, -0.2) is 41.0 Å². The van der Waals surface area contributed by atoms with Crippen LogP contribution in [0.3, 0.4) is 0 Å². The van der Waals surface area contributed by atoms with Crippen LogP contribution in [0.25, 0.3) is 10.6 Å². The van der Waals surface area contributed by atoms with Crippen molar-refractivity contribution < 1.29 is 4.79 Å². The van der Waals surface area contributed by atoms with Crippen LogP contribution in [0, 0.1) is 6.92 Å². The molecule has 1 amide bonds. The second-order valence-corrected chi connectivity index (χ2v) is 9.31. The Morgan fingerprint density at radius 2 is 1.75 bits per heavy atom. The van der Waals surface area contributed by atoms with Crippen LogP contribution in [0.2, 0.25) is 0 Å². The third-order valence-corrected chi connectivity index (χ3v) is 7.62. The fraction of sp³-hybridized carbons (Fsp3) is 0.565. The predicted octanol–water partition coefficient (Wildman–Crippen LogP) is 5.04. The summed E-state index contributed by atoms with van der Waals surface area (Å²) < 4.78 is 0. The third-order valence-electron chi connectivity index (χ3n) is 6.41. The van der Waals surface area contributed by atoms with E-state index in [1.807, 2.05) is 37.3 Å². The normalized spacial score (nSPS) is 20.0. The highest BCUT2D eigenvalue weighted by Gasteiger charge is 2.38. The first kappa shape index (κ1) is 19.6. The van der Waals surface area contributed by atoms with E-state index >= 15 is 0 Å². The van der Waals surface area contributed by atoms with Gasteiger partial charge in [0.15, 0.2) is 0 Å². The van der Waals surface area contributed by atoms with Crippen LogP contribution in [0.1, 0.15) is 66.7 Å². The molecule has 1 aromatic carbocycles. The number of rotatable bonds is 5. The number of likely N-dealkylation sites (tertiary alicyclic amines) is 1. The minimum Gasteiger partial charge on any atom is -0.349 e. The van der Waals surface area contributed by atoms with Crippen molar-refractivity contribution in [1.29, 1.82) is 0 Å². The SMILES string of the molecule is Cc1nc(-c2ccccc2)sc1C(=O)NCC1(N2CCCCC2)CCCCC1. The molecule has 1 aromatic heterocycles. The molecule has 1 N–H and O–H groups in total. The number of hydrogen-bond acceptors (Lipinski definition) is 4. The molecule has 2 fully saturated rings. The number of aryl methyl sites for hydroxylation is 1. The molecule has 4 nitrogen and oxygen atoms in total. The Bertz CT molecular complexity index is 789. The highest BCUT2D eigenvalue weighted by molar-refractivity contribution is 7.17. The van der Waals surface area contributed by atoms with Crippen LogP contribution in [-0.2, 0) is 0 Å². The van der Waals surface area contributed by atoms with Crippen molar-refractivity contribution in [1.82, 2.24) is 15.2 Å². The summed E-state index contributed by atoms with van der Waals surface area (Å²) in [5, 5.41) is 4.23. The molecule has 5 heteroatoms. The number of carbonyl (C=O) groups excluding carboxylic acids is 1. The molecule has 1 aliphatic carbocycles. The quantitative estimate of drug-likeness (QED) is 0.769. The largest absolute Gasteiger partial charge is 0.349 e. The van der Waals surface area contributed by atoms with Gasteiger partial charge in [-0.15, -0.1) is 11.3 Å². The van der Waals surface area contributed by atoms with Crippen molar-refractivity contribution in [3.8, 4) is 10.6 Å². The highest BCUT2D eigenvalue weighted by atomic mass is 32.1. The summed E-state index contributed by atoms with van der Waals surface area (Å²) in [5.41, 5.74) is 2.07. The van der Waals surface area contributed by atoms with Gasteiger partial charge in [0.25, 0.3) is 5.91 Å². The number of nitrogens with one attached hydrogen (secondary N) is 1. The van der Waals surface area contributed by atoms with Gasteiger partial charge in [0.1, 0.15) is 9.88 Å². The molecular weight excluding hydrogens is 366 g/mol. The van der Waals surface area contributed by atoms with E-state index in [4.69, 9.17) is 0 Å². The van der Waals surface area contributed by atoms with E-state index < -0.39 is 0 Å². The first-order chi connectivity index (χ1) is 13.7. The second kappa shape index (κ2) is 8.75. The average Bonchev–Trinajstić information content (AvgIpc) is 3.16. The predicted molar refractivity (Wildman–Crippen MR) is 116 cm³/mol. The third kappa shape index (κ3) is 4.15. The van der Waals surface area contributed by atoms with Gasteiger partial charge in [0.05, 0.1) is 5.69 Å². The molecular formula is C23H31N3OS. The van der Waals surface area contributed by atoms with E-state index in [1.165, 1.54) is 75.8 Å². The van der Waals surface area contributed by atoms with Gasteiger partial charge in [-0.25, -0.2) is 4.98 Å². The second-order valence-electron chi connectivity index (χ2n) is 8.31. The van der Waals surface area contributed by atoms with Gasteiger partial charge in [0, 0.05) is 17.6 Å². The number of aromatic nitrogens is 1. The molecule has 2 aliphatic rings. The van der Waals surface area contributed by atoms with E-state index in [0.29, 0.717) is 0 Å². The fourth-order valence-corrected chi connectivity index (χ4v) is 5.81. The minimum atomic E-state index is 0.0409. The zero-order valence-electron chi connectivity index (χ0n) is 16.9. The number of carbonyl (C=O) groups is 1. The summed E-state index contributed by atoms with van der Waals surface area (Å²) >= 11 is 1.51. The van der Waals surface area contributed by atoms with E-state index in [-0.39, 0.29) is 11.4 Å². The highest BCUT2D eigenvalue weighted by Crippen LogP contribution is 2.35. The lowest BCUT2D eigenvalue weighted by Crippen LogP contribution is -2.58. The van der Waals surface area contributed by atoms with Crippen molar-refractivity contribution in [3.63, 3.8) is 0 Å². The minimum absolute atomic E-state index is 0.0409. The van der Waals surface area contributed by atoms with Gasteiger partial charge >= 0.3 is 0 Å². The summed E-state index contributed by atoms with van der Waals surface area (Å²) in [6, 6.07) is 10.1. The molecule has 1 saturated heterocycles. The van der Waals surface area contributed by atoms with Crippen LogP contribution in [0.5, 0.6) is 0 Å². The Balaban J connectivity index is 1.47. The molecule has 2 heterocycles. The van der Waals surface area contributed by atoms with Crippen LogP contribution >= 0.6 is 11.3 Å². The van der Waals surface area contributed by atoms with Gasteiger partial charge in [-0.2, -0.15) is 0 Å². The number of benzene rings is 1. The van der Waals surface area contributed by atoms with Gasteiger partial charge in [-0.1, -0.05) is 56.0 Å². The van der Waals surface area contributed by atoms with Gasteiger partial charge in [-0.05, 0) is 45.7 Å². The summed E-state index contributed by atoms with van der Waals surface area (Å²) in [5.74, 6) is 0.0409. The maximum Gasteiger partial charge on any atom is 0.263 e. The molecule has 28 heavy (non-hydrogen) atoms. The molecule has 2 aromatic rings. The van der Waals surface area contributed by atoms with Crippen molar-refractivity contribution >= 4 is 17.2 Å². The van der Waals surface area contributed by atoms with Crippen molar-refractivity contribution in [2.24, 2.45) is 0 Å². The number of amides is 1. The molecule has 0 radical (unpaired) electrons. The van der Waals surface area contributed by atoms with Crippen LogP contribution < -0.4 is 5.32 Å². The molecule has 1 aliphatic heterocycles.